The summed E-state index contributed by atoms with van der Waals surface area (Å²) >= 11 is 0. The largest absolute Gasteiger partial charge is 0.409 e. The summed E-state index contributed by atoms with van der Waals surface area (Å²) in [5, 5.41) is 12.1. The highest BCUT2D eigenvalue weighted by molar-refractivity contribution is 6.07. The van der Waals surface area contributed by atoms with Gasteiger partial charge in [-0.2, -0.15) is 0 Å². The molecular formula is C14H24N4O3. The molecule has 2 fully saturated rings. The Morgan fingerprint density at radius 1 is 1.24 bits per heavy atom. The van der Waals surface area contributed by atoms with Crippen LogP contribution in [0.2, 0.25) is 0 Å². The molecule has 2 unspecified atom stereocenters. The molecule has 2 atom stereocenters. The van der Waals surface area contributed by atoms with Crippen LogP contribution < -0.4 is 11.5 Å². The molecule has 1 aliphatic heterocycles. The van der Waals surface area contributed by atoms with Gasteiger partial charge in [-0.15, -0.1) is 0 Å². The minimum Gasteiger partial charge on any atom is -0.409 e. The van der Waals surface area contributed by atoms with E-state index in [0.29, 0.717) is 25.8 Å². The monoisotopic (exact) mass is 296 g/mol. The van der Waals surface area contributed by atoms with Crippen molar-refractivity contribution in [3.8, 4) is 0 Å². The van der Waals surface area contributed by atoms with E-state index in [0.717, 1.165) is 19.3 Å². The standard InChI is InChI=1S/C14H24N4O3/c1-9-4-5-10(11(15)19)8-18(9)13(20)14(12(16)17-21)6-2-3-7-14/h9-10,21H,2-8H2,1H3,(H2,15,19)(H2,16,17). The third-order valence-electron chi connectivity index (χ3n) is 5.01. The Morgan fingerprint density at radius 3 is 2.38 bits per heavy atom. The Balaban J connectivity index is 2.25. The number of carbonyl (C=O) groups excluding carboxylic acids is 2. The van der Waals surface area contributed by atoms with Gasteiger partial charge < -0.3 is 21.6 Å². The molecule has 0 aromatic heterocycles. The fraction of sp³-hybridized carbons (Fsp3) is 0.786. The molecule has 21 heavy (non-hydrogen) atoms. The summed E-state index contributed by atoms with van der Waals surface area (Å²) in [5.74, 6) is -0.827. The molecule has 0 spiro atoms. The lowest BCUT2D eigenvalue weighted by Gasteiger charge is -2.41. The summed E-state index contributed by atoms with van der Waals surface area (Å²) in [6, 6.07) is 0.0390. The molecule has 7 nitrogen and oxygen atoms in total. The summed E-state index contributed by atoms with van der Waals surface area (Å²) in [6.07, 6.45) is 4.38. The van der Waals surface area contributed by atoms with Crippen LogP contribution in [0.25, 0.3) is 0 Å². The van der Waals surface area contributed by atoms with E-state index in [4.69, 9.17) is 16.7 Å². The van der Waals surface area contributed by atoms with Crippen LogP contribution in [-0.2, 0) is 9.59 Å². The minimum atomic E-state index is -0.914. The molecule has 0 aromatic rings. The molecule has 5 N–H and O–H groups in total. The van der Waals surface area contributed by atoms with Gasteiger partial charge >= 0.3 is 0 Å². The summed E-state index contributed by atoms with van der Waals surface area (Å²) in [6.45, 7) is 2.29. The van der Waals surface area contributed by atoms with Crippen molar-refractivity contribution in [3.63, 3.8) is 0 Å². The highest BCUT2D eigenvalue weighted by Gasteiger charge is 2.49. The summed E-state index contributed by atoms with van der Waals surface area (Å²) in [7, 11) is 0. The van der Waals surface area contributed by atoms with E-state index in [-0.39, 0.29) is 29.6 Å². The van der Waals surface area contributed by atoms with Gasteiger partial charge in [0.25, 0.3) is 0 Å². The number of nitrogens with two attached hydrogens (primary N) is 2. The molecule has 1 saturated carbocycles. The third kappa shape index (κ3) is 2.69. The van der Waals surface area contributed by atoms with Crippen LogP contribution in [0.4, 0.5) is 0 Å². The first-order valence-corrected chi connectivity index (χ1v) is 7.51. The van der Waals surface area contributed by atoms with Gasteiger partial charge in [0.05, 0.1) is 5.92 Å². The molecule has 1 saturated heterocycles. The van der Waals surface area contributed by atoms with E-state index >= 15 is 0 Å². The molecule has 1 heterocycles. The zero-order valence-corrected chi connectivity index (χ0v) is 12.4. The zero-order valence-electron chi connectivity index (χ0n) is 12.4. The predicted octanol–water partition coefficient (Wildman–Crippen LogP) is 0.406. The second-order valence-electron chi connectivity index (χ2n) is 6.26. The first-order valence-electron chi connectivity index (χ1n) is 7.51. The normalized spacial score (nSPS) is 29.4. The number of primary amides is 1. The molecule has 2 aliphatic rings. The fourth-order valence-electron chi connectivity index (χ4n) is 3.55. The predicted molar refractivity (Wildman–Crippen MR) is 77.4 cm³/mol. The third-order valence-corrected chi connectivity index (χ3v) is 5.01. The Bertz CT molecular complexity index is 457. The lowest BCUT2D eigenvalue weighted by molar-refractivity contribution is -0.144. The smallest absolute Gasteiger partial charge is 0.236 e. The highest BCUT2D eigenvalue weighted by atomic mass is 16.4. The SMILES string of the molecule is CC1CCC(C(N)=O)CN1C(=O)C1(C(N)=NO)CCCC1. The summed E-state index contributed by atoms with van der Waals surface area (Å²) in [4.78, 5) is 26.1. The minimum absolute atomic E-state index is 0.0154. The lowest BCUT2D eigenvalue weighted by atomic mass is 9.81. The molecule has 0 bridgehead atoms. The topological polar surface area (TPSA) is 122 Å². The van der Waals surface area contributed by atoms with Crippen LogP contribution in [0, 0.1) is 11.3 Å². The van der Waals surface area contributed by atoms with Crippen molar-refractivity contribution in [2.24, 2.45) is 28.0 Å². The Hall–Kier alpha value is -1.79. The molecular weight excluding hydrogens is 272 g/mol. The Kier molecular flexibility index (Phi) is 4.39. The van der Waals surface area contributed by atoms with Crippen molar-refractivity contribution >= 4 is 17.6 Å². The molecule has 118 valence electrons. The second-order valence-corrected chi connectivity index (χ2v) is 6.26. The van der Waals surface area contributed by atoms with Gasteiger partial charge in [-0.05, 0) is 32.6 Å². The van der Waals surface area contributed by atoms with E-state index in [1.54, 1.807) is 4.90 Å². The maximum atomic E-state index is 13.0. The molecule has 0 radical (unpaired) electrons. The van der Waals surface area contributed by atoms with E-state index in [9.17, 15) is 9.59 Å². The lowest BCUT2D eigenvalue weighted by Crippen LogP contribution is -2.56. The van der Waals surface area contributed by atoms with Crippen molar-refractivity contribution in [2.45, 2.75) is 51.5 Å². The van der Waals surface area contributed by atoms with Crippen molar-refractivity contribution in [1.29, 1.82) is 0 Å². The number of piperidine rings is 1. The van der Waals surface area contributed by atoms with Gasteiger partial charge in [0, 0.05) is 12.6 Å². The van der Waals surface area contributed by atoms with Gasteiger partial charge in [0.2, 0.25) is 11.8 Å². The second kappa shape index (κ2) is 5.91. The van der Waals surface area contributed by atoms with Crippen LogP contribution in [0.5, 0.6) is 0 Å². The van der Waals surface area contributed by atoms with Crippen LogP contribution >= 0.6 is 0 Å². The van der Waals surface area contributed by atoms with E-state index < -0.39 is 5.41 Å². The van der Waals surface area contributed by atoms with Crippen LogP contribution in [0.1, 0.15) is 45.4 Å². The summed E-state index contributed by atoms with van der Waals surface area (Å²) < 4.78 is 0. The Labute approximate surface area is 124 Å². The number of likely N-dealkylation sites (tertiary alicyclic amines) is 1. The van der Waals surface area contributed by atoms with Crippen LogP contribution in [0.3, 0.4) is 0 Å². The number of rotatable bonds is 3. The molecule has 2 amide bonds. The quantitative estimate of drug-likeness (QED) is 0.302. The van der Waals surface area contributed by atoms with Gasteiger partial charge in [-0.3, -0.25) is 9.59 Å². The van der Waals surface area contributed by atoms with E-state index in [1.807, 2.05) is 6.92 Å². The number of amides is 2. The van der Waals surface area contributed by atoms with Gasteiger partial charge in [0.15, 0.2) is 5.84 Å². The number of oxime groups is 1. The number of carbonyl (C=O) groups is 2. The molecule has 2 rings (SSSR count). The number of nitrogens with zero attached hydrogens (tertiary/aromatic N) is 2. The highest BCUT2D eigenvalue weighted by Crippen LogP contribution is 2.41. The van der Waals surface area contributed by atoms with Crippen molar-refractivity contribution < 1.29 is 14.8 Å². The van der Waals surface area contributed by atoms with Gasteiger partial charge in [0.1, 0.15) is 5.41 Å². The van der Waals surface area contributed by atoms with Crippen LogP contribution in [-0.4, -0.2) is 40.3 Å². The van der Waals surface area contributed by atoms with Gasteiger partial charge in [-0.25, -0.2) is 0 Å². The maximum absolute atomic E-state index is 13.0. The first kappa shape index (κ1) is 15.6. The van der Waals surface area contributed by atoms with Crippen molar-refractivity contribution in [1.82, 2.24) is 4.90 Å². The van der Waals surface area contributed by atoms with E-state index in [2.05, 4.69) is 5.16 Å². The molecule has 1 aliphatic carbocycles. The van der Waals surface area contributed by atoms with E-state index in [1.165, 1.54) is 0 Å². The van der Waals surface area contributed by atoms with Gasteiger partial charge in [-0.1, -0.05) is 18.0 Å². The zero-order chi connectivity index (χ0) is 15.6. The molecule has 7 heteroatoms. The first-order chi connectivity index (χ1) is 9.92. The fourth-order valence-corrected chi connectivity index (χ4v) is 3.55. The van der Waals surface area contributed by atoms with Crippen molar-refractivity contribution in [2.75, 3.05) is 6.54 Å². The van der Waals surface area contributed by atoms with Crippen LogP contribution in [0.15, 0.2) is 5.16 Å². The number of hydrogen-bond donors (Lipinski definition) is 3. The average Bonchev–Trinajstić information content (AvgIpc) is 2.96. The van der Waals surface area contributed by atoms with Crippen molar-refractivity contribution in [3.05, 3.63) is 0 Å². The average molecular weight is 296 g/mol. The maximum Gasteiger partial charge on any atom is 0.236 e. The number of amidine groups is 1. The molecule has 0 aromatic carbocycles. The number of hydrogen-bond acceptors (Lipinski definition) is 4. The Morgan fingerprint density at radius 2 is 1.86 bits per heavy atom. The summed E-state index contributed by atoms with van der Waals surface area (Å²) in [5.41, 5.74) is 10.3.